The Bertz CT molecular complexity index is 2180. The molecule has 6 rings (SSSR count). The van der Waals surface area contributed by atoms with Gasteiger partial charge in [-0.1, -0.05) is 9.97 Å². The molecule has 0 aliphatic carbocycles. The SMILES string of the molecule is Cn1c[n+]([C@@H]2O[C@H](CO)C(O)[C@@H]2O)c2nc(N)nc([O-])c21.Cn1c[n+]([C@@H]2O[C@H](COP(=O)(O)OP(=O)([O-])OP(=O)([O-])[O-])C(O)[C@@H]2O)c2nc(N)nc([O-])c21. The molecule has 6 heterocycles. The molecule has 2 saturated heterocycles. The number of fused-ring (bicyclic) bond motifs is 2. The third-order valence-corrected chi connectivity index (χ3v) is 11.4. The van der Waals surface area contributed by atoms with Crippen LogP contribution < -0.4 is 45.5 Å². The van der Waals surface area contributed by atoms with Crippen molar-refractivity contribution in [3.05, 3.63) is 12.7 Å². The number of aliphatic hydroxyl groups excluding tert-OH is 5. The van der Waals surface area contributed by atoms with Crippen molar-refractivity contribution in [1.29, 1.82) is 0 Å². The van der Waals surface area contributed by atoms with Crippen LogP contribution in [-0.4, -0.2) is 109 Å². The molecule has 0 saturated carbocycles. The summed E-state index contributed by atoms with van der Waals surface area (Å²) < 4.78 is 60.3. The Balaban J connectivity index is 0.000000228. The highest BCUT2D eigenvalue weighted by Crippen LogP contribution is 2.62. The van der Waals surface area contributed by atoms with Gasteiger partial charge in [0.1, 0.15) is 36.6 Å². The summed E-state index contributed by atoms with van der Waals surface area (Å²) in [4.78, 5) is 56.3. The number of hydrogen-bond acceptors (Lipinski definition) is 24. The zero-order valence-electron chi connectivity index (χ0n) is 27.3. The van der Waals surface area contributed by atoms with Gasteiger partial charge in [-0.25, -0.2) is 28.0 Å². The van der Waals surface area contributed by atoms with Gasteiger partial charge in [0, 0.05) is 11.8 Å². The number of imidazole rings is 2. The molecule has 4 aromatic rings. The number of hydrogen-bond donors (Lipinski definition) is 8. The first-order valence-corrected chi connectivity index (χ1v) is 19.1. The minimum atomic E-state index is -6.13. The first-order valence-electron chi connectivity index (χ1n) is 14.7. The smallest absolute Gasteiger partial charge is 0.478 e. The van der Waals surface area contributed by atoms with Crippen LogP contribution in [0.5, 0.6) is 11.8 Å². The molecule has 54 heavy (non-hydrogen) atoms. The molecule has 0 spiro atoms. The highest BCUT2D eigenvalue weighted by Gasteiger charge is 2.48. The molecule has 2 fully saturated rings. The molecule has 10 atom stereocenters. The van der Waals surface area contributed by atoms with E-state index < -0.39 is 97.5 Å². The molecule has 0 radical (unpaired) electrons. The Morgan fingerprint density at radius 2 is 1.20 bits per heavy atom. The Labute approximate surface area is 299 Å². The zero-order chi connectivity index (χ0) is 40.2. The van der Waals surface area contributed by atoms with E-state index >= 15 is 0 Å². The van der Waals surface area contributed by atoms with Crippen LogP contribution in [0.2, 0.25) is 0 Å². The van der Waals surface area contributed by atoms with Crippen molar-refractivity contribution < 1.29 is 101 Å². The van der Waals surface area contributed by atoms with Crippen molar-refractivity contribution in [2.75, 3.05) is 24.7 Å². The molecule has 0 aromatic carbocycles. The molecule has 300 valence electrons. The van der Waals surface area contributed by atoms with Crippen LogP contribution in [0.25, 0.3) is 22.3 Å². The fourth-order valence-corrected chi connectivity index (χ4v) is 8.39. The first kappa shape index (κ1) is 41.6. The van der Waals surface area contributed by atoms with Gasteiger partial charge >= 0.3 is 19.1 Å². The number of anilines is 2. The first-order chi connectivity index (χ1) is 24.9. The topological polar surface area (TPSA) is 455 Å². The maximum absolute atomic E-state index is 12.0. The van der Waals surface area contributed by atoms with Gasteiger partial charge in [0.25, 0.3) is 19.7 Å². The third-order valence-electron chi connectivity index (χ3n) is 7.70. The van der Waals surface area contributed by atoms with E-state index in [9.17, 15) is 63.9 Å². The van der Waals surface area contributed by atoms with Gasteiger partial charge in [-0.2, -0.15) is 0 Å². The second kappa shape index (κ2) is 15.2. The summed E-state index contributed by atoms with van der Waals surface area (Å²) in [6.45, 7) is -1.51. The third kappa shape index (κ3) is 8.62. The molecule has 4 unspecified atom stereocenters. The number of ether oxygens (including phenoxy) is 2. The van der Waals surface area contributed by atoms with Crippen molar-refractivity contribution in [2.45, 2.75) is 49.1 Å². The van der Waals surface area contributed by atoms with Crippen LogP contribution in [0.4, 0.5) is 11.9 Å². The fourth-order valence-electron chi connectivity index (χ4n) is 5.49. The van der Waals surface area contributed by atoms with Gasteiger partial charge < -0.3 is 80.8 Å². The molecule has 0 amide bonds. The molecular weight excluding hydrogens is 801 g/mol. The summed E-state index contributed by atoms with van der Waals surface area (Å²) in [6.07, 6.45) is -8.15. The van der Waals surface area contributed by atoms with Crippen LogP contribution in [0.1, 0.15) is 12.5 Å². The molecule has 32 heteroatoms. The van der Waals surface area contributed by atoms with E-state index in [-0.39, 0.29) is 34.2 Å². The van der Waals surface area contributed by atoms with E-state index in [1.54, 1.807) is 7.05 Å². The minimum absolute atomic E-state index is 0.0253. The van der Waals surface area contributed by atoms with Crippen molar-refractivity contribution >= 4 is 57.7 Å². The van der Waals surface area contributed by atoms with Crippen LogP contribution >= 0.6 is 23.5 Å². The van der Waals surface area contributed by atoms with Gasteiger partial charge in [-0.15, -0.1) is 0 Å². The number of aliphatic hydroxyl groups is 5. The Kier molecular flexibility index (Phi) is 11.7. The van der Waals surface area contributed by atoms with E-state index in [0.29, 0.717) is 0 Å². The lowest BCUT2D eigenvalue weighted by atomic mass is 10.1. The highest BCUT2D eigenvalue weighted by molar-refractivity contribution is 7.65. The lowest BCUT2D eigenvalue weighted by Crippen LogP contribution is -2.46. The van der Waals surface area contributed by atoms with Crippen molar-refractivity contribution in [1.82, 2.24) is 29.1 Å². The van der Waals surface area contributed by atoms with Crippen LogP contribution in [0, 0.1) is 0 Å². The van der Waals surface area contributed by atoms with E-state index in [1.165, 1.54) is 33.4 Å². The molecule has 4 aromatic heterocycles. The number of nitrogen functional groups attached to an aromatic ring is 2. The standard InChI is InChI=1S/C11H18N5O14P3.C11H15N5O5/c1-15-3-16(8-5(15)9(19)14-11(12)13-8)10-7(18)6(17)4(28-10)2-27-32(23,24)30-33(25,26)29-31(20,21)22;1-15-3-16(8-5(15)9(20)14-11(12)13-8)10-7(19)6(18)4(2-17)21-10/h3-4,6-7,10,17-18H,2H2,1H3,(H6-,12,13,14,19,20,21,22,23,24,25,26);3-4,6-7,10,17-19H,2H2,1H3,(H2-,12,13,14,20)/p-3/t2*4-,6?,7+,10-/m11/s1. The van der Waals surface area contributed by atoms with Gasteiger partial charge in [0.05, 0.1) is 35.1 Å². The Hall–Kier alpha value is -3.57. The largest absolute Gasteiger partial charge is 0.856 e. The lowest BCUT2D eigenvalue weighted by molar-refractivity contribution is -0.746. The predicted octanol–water partition coefficient (Wildman–Crippen LogP) is -8.50. The monoisotopic (exact) mass is 831 g/mol. The summed E-state index contributed by atoms with van der Waals surface area (Å²) in [6, 6.07) is 0. The number of rotatable bonds is 10. The van der Waals surface area contributed by atoms with E-state index in [4.69, 9.17) is 26.0 Å². The molecule has 2 aliphatic heterocycles. The molecular formula is C22H30N10O19P3-3. The van der Waals surface area contributed by atoms with Gasteiger partial charge in [0.2, 0.25) is 12.5 Å². The summed E-state index contributed by atoms with van der Waals surface area (Å²) in [5.74, 6) is -1.87. The normalized spacial score (nSPS) is 28.2. The zero-order valence-corrected chi connectivity index (χ0v) is 29.9. The second-order valence-electron chi connectivity index (χ2n) is 11.5. The molecule has 2 aliphatic rings. The van der Waals surface area contributed by atoms with E-state index in [0.717, 1.165) is 4.57 Å². The Morgan fingerprint density at radius 1 is 0.778 bits per heavy atom. The summed E-state index contributed by atoms with van der Waals surface area (Å²) >= 11 is 0. The van der Waals surface area contributed by atoms with Crippen molar-refractivity contribution in [3.8, 4) is 11.8 Å². The number of aryl methyl sites for hydroxylation is 2. The number of aromatic nitrogens is 8. The van der Waals surface area contributed by atoms with E-state index in [2.05, 4.69) is 33.1 Å². The average molecular weight is 831 g/mol. The fraction of sp³-hybridized carbons (Fsp3) is 0.545. The van der Waals surface area contributed by atoms with Gasteiger partial charge in [0.15, 0.2) is 23.7 Å². The van der Waals surface area contributed by atoms with Crippen LogP contribution in [0.15, 0.2) is 12.7 Å². The van der Waals surface area contributed by atoms with Gasteiger partial charge in [-0.05, 0) is 0 Å². The average Bonchev–Trinajstić information content (AvgIpc) is 3.71. The molecule has 29 nitrogen and oxygen atoms in total. The Morgan fingerprint density at radius 3 is 1.61 bits per heavy atom. The van der Waals surface area contributed by atoms with Crippen LogP contribution in [0.3, 0.4) is 0 Å². The van der Waals surface area contributed by atoms with Crippen molar-refractivity contribution in [3.63, 3.8) is 0 Å². The van der Waals surface area contributed by atoms with E-state index in [1.807, 2.05) is 0 Å². The molecule has 10 N–H and O–H groups in total. The summed E-state index contributed by atoms with van der Waals surface area (Å²) in [5, 5.41) is 73.4. The number of nitrogens with zero attached hydrogens (tertiary/aromatic N) is 8. The lowest BCUT2D eigenvalue weighted by Gasteiger charge is -2.35. The van der Waals surface area contributed by atoms with Crippen molar-refractivity contribution in [2.24, 2.45) is 14.1 Å². The highest BCUT2D eigenvalue weighted by atomic mass is 31.3. The van der Waals surface area contributed by atoms with Crippen LogP contribution in [-0.2, 0) is 50.4 Å². The number of phosphoric ester groups is 1. The summed E-state index contributed by atoms with van der Waals surface area (Å²) in [5.41, 5.74) is 11.2. The second-order valence-corrected chi connectivity index (χ2v) is 15.8. The minimum Gasteiger partial charge on any atom is -0.856 e. The number of nitrogens with two attached hydrogens (primary N) is 2. The molecule has 0 bridgehead atoms. The summed E-state index contributed by atoms with van der Waals surface area (Å²) in [7, 11) is -14.8. The van der Waals surface area contributed by atoms with Gasteiger partial charge in [-0.3, -0.25) is 22.5 Å². The maximum Gasteiger partial charge on any atom is 0.478 e. The quantitative estimate of drug-likeness (QED) is 0.0543. The number of phosphoric acid groups is 3. The predicted molar refractivity (Wildman–Crippen MR) is 157 cm³/mol. The maximum atomic E-state index is 12.0.